The van der Waals surface area contributed by atoms with Crippen LogP contribution in [0.3, 0.4) is 0 Å². The van der Waals surface area contributed by atoms with Gasteiger partial charge < -0.3 is 0 Å². The maximum absolute atomic E-state index is 2.36. The van der Waals surface area contributed by atoms with Gasteiger partial charge in [0.25, 0.3) is 0 Å². The SMILES string of the molecule is CCCC(CCC)C1CCCCC1CCC. The van der Waals surface area contributed by atoms with Crippen LogP contribution in [0.4, 0.5) is 0 Å². The highest BCUT2D eigenvalue weighted by Gasteiger charge is 2.29. The molecule has 0 saturated heterocycles. The monoisotopic (exact) mass is 224 g/mol. The quantitative estimate of drug-likeness (QED) is 0.512. The molecule has 0 aromatic rings. The maximum Gasteiger partial charge on any atom is -0.0357 e. The summed E-state index contributed by atoms with van der Waals surface area (Å²) >= 11 is 0. The molecule has 16 heavy (non-hydrogen) atoms. The topological polar surface area (TPSA) is 0 Å². The summed E-state index contributed by atoms with van der Waals surface area (Å²) in [6, 6.07) is 0. The summed E-state index contributed by atoms with van der Waals surface area (Å²) in [4.78, 5) is 0. The van der Waals surface area contributed by atoms with Crippen LogP contribution in [0, 0.1) is 17.8 Å². The molecular formula is C16H32. The lowest BCUT2D eigenvalue weighted by Crippen LogP contribution is -2.27. The predicted octanol–water partition coefficient (Wildman–Crippen LogP) is 5.81. The maximum atomic E-state index is 2.36. The standard InChI is InChI=1S/C16H32/c1-4-9-14(10-5-2)16-13-8-7-12-15(16)11-6-3/h14-16H,4-13H2,1-3H3. The summed E-state index contributed by atoms with van der Waals surface area (Å²) in [6.07, 6.45) is 14.7. The molecule has 1 saturated carbocycles. The van der Waals surface area contributed by atoms with E-state index in [9.17, 15) is 0 Å². The first-order valence-corrected chi connectivity index (χ1v) is 7.83. The van der Waals surface area contributed by atoms with E-state index in [0.29, 0.717) is 0 Å². The van der Waals surface area contributed by atoms with Crippen molar-refractivity contribution >= 4 is 0 Å². The Balaban J connectivity index is 2.54. The third-order valence-electron chi connectivity index (χ3n) is 4.55. The van der Waals surface area contributed by atoms with Gasteiger partial charge in [-0.05, 0) is 24.2 Å². The summed E-state index contributed by atoms with van der Waals surface area (Å²) in [6.45, 7) is 7.08. The summed E-state index contributed by atoms with van der Waals surface area (Å²) in [5.74, 6) is 3.20. The lowest BCUT2D eigenvalue weighted by Gasteiger charge is -2.37. The van der Waals surface area contributed by atoms with Crippen LogP contribution in [0.2, 0.25) is 0 Å². The van der Waals surface area contributed by atoms with E-state index in [-0.39, 0.29) is 0 Å². The highest BCUT2D eigenvalue weighted by molar-refractivity contribution is 4.80. The van der Waals surface area contributed by atoms with Crippen molar-refractivity contribution in [2.24, 2.45) is 17.8 Å². The van der Waals surface area contributed by atoms with Crippen molar-refractivity contribution in [1.29, 1.82) is 0 Å². The van der Waals surface area contributed by atoms with Gasteiger partial charge in [0.2, 0.25) is 0 Å². The van der Waals surface area contributed by atoms with Gasteiger partial charge in [-0.25, -0.2) is 0 Å². The lowest BCUT2D eigenvalue weighted by atomic mass is 9.68. The summed E-state index contributed by atoms with van der Waals surface area (Å²) in [7, 11) is 0. The third kappa shape index (κ3) is 4.11. The molecule has 0 spiro atoms. The minimum absolute atomic E-state index is 1.05. The minimum Gasteiger partial charge on any atom is -0.0654 e. The second-order valence-electron chi connectivity index (χ2n) is 5.83. The Bertz CT molecular complexity index is 153. The van der Waals surface area contributed by atoms with Crippen LogP contribution >= 0.6 is 0 Å². The zero-order valence-electron chi connectivity index (χ0n) is 11.8. The molecule has 0 radical (unpaired) electrons. The lowest BCUT2D eigenvalue weighted by molar-refractivity contribution is 0.136. The Hall–Kier alpha value is 0. The van der Waals surface area contributed by atoms with Gasteiger partial charge >= 0.3 is 0 Å². The molecule has 0 aromatic heterocycles. The molecule has 0 aromatic carbocycles. The third-order valence-corrected chi connectivity index (χ3v) is 4.55. The molecule has 1 aliphatic rings. The van der Waals surface area contributed by atoms with E-state index in [0.717, 1.165) is 17.8 Å². The molecule has 1 fully saturated rings. The van der Waals surface area contributed by atoms with E-state index in [4.69, 9.17) is 0 Å². The molecule has 0 bridgehead atoms. The fraction of sp³-hybridized carbons (Fsp3) is 1.00. The first-order valence-electron chi connectivity index (χ1n) is 7.83. The Labute approximate surface area is 103 Å². The van der Waals surface area contributed by atoms with Gasteiger partial charge in [-0.3, -0.25) is 0 Å². The van der Waals surface area contributed by atoms with E-state index in [2.05, 4.69) is 20.8 Å². The Morgan fingerprint density at radius 1 is 0.875 bits per heavy atom. The van der Waals surface area contributed by atoms with E-state index >= 15 is 0 Å². The first kappa shape index (κ1) is 14.1. The van der Waals surface area contributed by atoms with Crippen molar-refractivity contribution in [3.05, 3.63) is 0 Å². The van der Waals surface area contributed by atoms with Crippen molar-refractivity contribution < 1.29 is 0 Å². The molecule has 96 valence electrons. The number of hydrogen-bond acceptors (Lipinski definition) is 0. The van der Waals surface area contributed by atoms with Crippen LogP contribution in [0.5, 0.6) is 0 Å². The van der Waals surface area contributed by atoms with Crippen molar-refractivity contribution in [3.63, 3.8) is 0 Å². The summed E-state index contributed by atoms with van der Waals surface area (Å²) in [5.41, 5.74) is 0. The Morgan fingerprint density at radius 3 is 2.06 bits per heavy atom. The highest BCUT2D eigenvalue weighted by atomic mass is 14.3. The van der Waals surface area contributed by atoms with Gasteiger partial charge in [-0.2, -0.15) is 0 Å². The first-order chi connectivity index (χ1) is 7.83. The molecule has 1 rings (SSSR count). The summed E-state index contributed by atoms with van der Waals surface area (Å²) in [5, 5.41) is 0. The second-order valence-corrected chi connectivity index (χ2v) is 5.83. The van der Waals surface area contributed by atoms with Gasteiger partial charge in [0.05, 0.1) is 0 Å². The van der Waals surface area contributed by atoms with Gasteiger partial charge in [-0.15, -0.1) is 0 Å². The smallest absolute Gasteiger partial charge is 0.0357 e. The van der Waals surface area contributed by atoms with Crippen LogP contribution in [0.25, 0.3) is 0 Å². The molecule has 0 amide bonds. The van der Waals surface area contributed by atoms with Crippen molar-refractivity contribution in [2.75, 3.05) is 0 Å². The minimum atomic E-state index is 1.05. The van der Waals surface area contributed by atoms with Crippen molar-refractivity contribution in [2.45, 2.75) is 85.0 Å². The molecule has 2 unspecified atom stereocenters. The van der Waals surface area contributed by atoms with Crippen LogP contribution < -0.4 is 0 Å². The fourth-order valence-electron chi connectivity index (χ4n) is 3.90. The normalized spacial score (nSPS) is 26.2. The van der Waals surface area contributed by atoms with Gasteiger partial charge in [-0.1, -0.05) is 78.6 Å². The molecule has 0 aliphatic heterocycles. The average molecular weight is 224 g/mol. The van der Waals surface area contributed by atoms with E-state index in [1.54, 1.807) is 0 Å². The summed E-state index contributed by atoms with van der Waals surface area (Å²) < 4.78 is 0. The zero-order valence-corrected chi connectivity index (χ0v) is 11.8. The average Bonchev–Trinajstić information content (AvgIpc) is 2.30. The van der Waals surface area contributed by atoms with Crippen LogP contribution in [-0.2, 0) is 0 Å². The van der Waals surface area contributed by atoms with E-state index < -0.39 is 0 Å². The van der Waals surface area contributed by atoms with Crippen LogP contribution in [-0.4, -0.2) is 0 Å². The van der Waals surface area contributed by atoms with Crippen molar-refractivity contribution in [3.8, 4) is 0 Å². The van der Waals surface area contributed by atoms with Crippen LogP contribution in [0.15, 0.2) is 0 Å². The van der Waals surface area contributed by atoms with E-state index in [1.807, 2.05) is 0 Å². The molecule has 1 aliphatic carbocycles. The predicted molar refractivity (Wildman–Crippen MR) is 73.7 cm³/mol. The van der Waals surface area contributed by atoms with Crippen LogP contribution in [0.1, 0.15) is 85.0 Å². The van der Waals surface area contributed by atoms with Crippen molar-refractivity contribution in [1.82, 2.24) is 0 Å². The second kappa shape index (κ2) is 8.14. The molecule has 0 heterocycles. The molecule has 0 heteroatoms. The van der Waals surface area contributed by atoms with Gasteiger partial charge in [0.1, 0.15) is 0 Å². The van der Waals surface area contributed by atoms with Gasteiger partial charge in [0, 0.05) is 0 Å². The molecule has 2 atom stereocenters. The van der Waals surface area contributed by atoms with Gasteiger partial charge in [0.15, 0.2) is 0 Å². The largest absolute Gasteiger partial charge is 0.0654 e. The fourth-order valence-corrected chi connectivity index (χ4v) is 3.90. The zero-order chi connectivity index (χ0) is 11.8. The Morgan fingerprint density at radius 2 is 1.50 bits per heavy atom. The Kier molecular flexibility index (Phi) is 7.16. The highest BCUT2D eigenvalue weighted by Crippen LogP contribution is 2.41. The van der Waals surface area contributed by atoms with E-state index in [1.165, 1.54) is 64.2 Å². The number of rotatable bonds is 7. The molecule has 0 N–H and O–H groups in total. The molecular weight excluding hydrogens is 192 g/mol. The molecule has 0 nitrogen and oxygen atoms in total. The number of hydrogen-bond donors (Lipinski definition) is 0.